The highest BCUT2D eigenvalue weighted by molar-refractivity contribution is 7.89. The molecule has 0 bridgehead atoms. The summed E-state index contributed by atoms with van der Waals surface area (Å²) >= 11 is 0. The Morgan fingerprint density at radius 1 is 1.29 bits per heavy atom. The Kier molecular flexibility index (Phi) is 4.68. The van der Waals surface area contributed by atoms with Crippen molar-refractivity contribution in [2.24, 2.45) is 0 Å². The minimum Gasteiger partial charge on any atom is -0.395 e. The third kappa shape index (κ3) is 3.06. The lowest BCUT2D eigenvalue weighted by Crippen LogP contribution is -2.40. The topological polar surface area (TPSA) is 57.6 Å². The van der Waals surface area contributed by atoms with E-state index in [0.717, 1.165) is 5.56 Å². The zero-order chi connectivity index (χ0) is 13.1. The highest BCUT2D eigenvalue weighted by atomic mass is 32.2. The Labute approximate surface area is 103 Å². The molecule has 0 aromatic heterocycles. The van der Waals surface area contributed by atoms with Gasteiger partial charge in [-0.3, -0.25) is 0 Å². The number of nitrogens with zero attached hydrogens (tertiary/aromatic N) is 1. The number of aryl methyl sites for hydroxylation is 1. The fourth-order valence-corrected chi connectivity index (χ4v) is 3.29. The molecule has 0 heterocycles. The first-order valence-electron chi connectivity index (χ1n) is 5.62. The van der Waals surface area contributed by atoms with Gasteiger partial charge in [-0.1, -0.05) is 24.6 Å². The van der Waals surface area contributed by atoms with Gasteiger partial charge in [-0.2, -0.15) is 4.31 Å². The molecule has 0 saturated carbocycles. The van der Waals surface area contributed by atoms with E-state index in [2.05, 4.69) is 0 Å². The summed E-state index contributed by atoms with van der Waals surface area (Å²) in [6.07, 6.45) is 0. The van der Waals surface area contributed by atoms with E-state index in [9.17, 15) is 8.42 Å². The monoisotopic (exact) mass is 257 g/mol. The minimum atomic E-state index is -3.51. The zero-order valence-electron chi connectivity index (χ0n) is 10.4. The first-order valence-corrected chi connectivity index (χ1v) is 7.06. The van der Waals surface area contributed by atoms with E-state index in [1.165, 1.54) is 4.31 Å². The third-order valence-electron chi connectivity index (χ3n) is 2.70. The van der Waals surface area contributed by atoms with Crippen LogP contribution in [0, 0.1) is 6.92 Å². The lowest BCUT2D eigenvalue weighted by Gasteiger charge is -2.25. The fourth-order valence-electron chi connectivity index (χ4n) is 1.66. The van der Waals surface area contributed by atoms with Crippen LogP contribution in [0.3, 0.4) is 0 Å². The molecule has 1 unspecified atom stereocenters. The van der Waals surface area contributed by atoms with Gasteiger partial charge in [-0.05, 0) is 26.0 Å². The summed E-state index contributed by atoms with van der Waals surface area (Å²) in [4.78, 5) is 0.269. The van der Waals surface area contributed by atoms with Crippen molar-refractivity contribution < 1.29 is 13.5 Å². The first kappa shape index (κ1) is 14.2. The van der Waals surface area contributed by atoms with E-state index in [-0.39, 0.29) is 11.5 Å². The Morgan fingerprint density at radius 2 is 1.82 bits per heavy atom. The fraction of sp³-hybridized carbons (Fsp3) is 0.500. The van der Waals surface area contributed by atoms with Crippen LogP contribution in [0.15, 0.2) is 29.2 Å². The molecule has 1 atom stereocenters. The van der Waals surface area contributed by atoms with E-state index < -0.39 is 16.1 Å². The van der Waals surface area contributed by atoms with Crippen LogP contribution in [0.1, 0.15) is 19.4 Å². The van der Waals surface area contributed by atoms with Gasteiger partial charge >= 0.3 is 0 Å². The van der Waals surface area contributed by atoms with Gasteiger partial charge in [0.25, 0.3) is 0 Å². The van der Waals surface area contributed by atoms with Crippen molar-refractivity contribution in [3.63, 3.8) is 0 Å². The average Bonchev–Trinajstić information content (AvgIpc) is 2.29. The molecule has 96 valence electrons. The smallest absolute Gasteiger partial charge is 0.243 e. The van der Waals surface area contributed by atoms with Gasteiger partial charge in [-0.25, -0.2) is 8.42 Å². The Bertz CT molecular complexity index is 453. The van der Waals surface area contributed by atoms with Crippen LogP contribution >= 0.6 is 0 Å². The van der Waals surface area contributed by atoms with Gasteiger partial charge in [0.1, 0.15) is 0 Å². The molecular weight excluding hydrogens is 238 g/mol. The summed E-state index contributed by atoms with van der Waals surface area (Å²) in [5, 5.41) is 9.08. The van der Waals surface area contributed by atoms with Gasteiger partial charge in [0.15, 0.2) is 0 Å². The van der Waals surface area contributed by atoms with Gasteiger partial charge in [0.2, 0.25) is 10.0 Å². The number of hydrogen-bond acceptors (Lipinski definition) is 3. The molecule has 0 radical (unpaired) electrons. The van der Waals surface area contributed by atoms with Crippen LogP contribution in [0.5, 0.6) is 0 Å². The SMILES string of the molecule is CCN(C(C)CO)S(=O)(=O)c1ccc(C)cc1. The maximum Gasteiger partial charge on any atom is 0.243 e. The quantitative estimate of drug-likeness (QED) is 0.867. The molecular formula is C12H19NO3S. The van der Waals surface area contributed by atoms with Crippen LogP contribution in [0.25, 0.3) is 0 Å². The third-order valence-corrected chi connectivity index (χ3v) is 4.80. The molecule has 17 heavy (non-hydrogen) atoms. The molecule has 1 rings (SSSR count). The van der Waals surface area contributed by atoms with E-state index >= 15 is 0 Å². The number of benzene rings is 1. The Morgan fingerprint density at radius 3 is 2.24 bits per heavy atom. The maximum absolute atomic E-state index is 12.3. The number of sulfonamides is 1. The summed E-state index contributed by atoms with van der Waals surface area (Å²) in [6, 6.07) is 6.31. The van der Waals surface area contributed by atoms with Crippen molar-refractivity contribution in [3.05, 3.63) is 29.8 Å². The van der Waals surface area contributed by atoms with Crippen molar-refractivity contribution in [1.82, 2.24) is 4.31 Å². The highest BCUT2D eigenvalue weighted by Gasteiger charge is 2.26. The molecule has 1 aromatic rings. The molecule has 0 aliphatic carbocycles. The number of rotatable bonds is 5. The van der Waals surface area contributed by atoms with Gasteiger partial charge in [0.05, 0.1) is 11.5 Å². The van der Waals surface area contributed by atoms with E-state index in [1.807, 2.05) is 6.92 Å². The number of aliphatic hydroxyl groups is 1. The molecule has 0 aliphatic heterocycles. The normalized spacial score (nSPS) is 13.9. The van der Waals surface area contributed by atoms with Crippen LogP contribution in [0.4, 0.5) is 0 Å². The second-order valence-corrected chi connectivity index (χ2v) is 5.94. The molecule has 0 fully saturated rings. The Hall–Kier alpha value is -0.910. The van der Waals surface area contributed by atoms with Crippen LogP contribution in [-0.4, -0.2) is 37.0 Å². The summed E-state index contributed by atoms with van der Waals surface area (Å²) in [5.41, 5.74) is 1.02. The molecule has 0 spiro atoms. The van der Waals surface area contributed by atoms with Crippen molar-refractivity contribution >= 4 is 10.0 Å². The second-order valence-electron chi connectivity index (χ2n) is 4.05. The maximum atomic E-state index is 12.3. The summed E-state index contributed by atoms with van der Waals surface area (Å²) in [6.45, 7) is 5.52. The van der Waals surface area contributed by atoms with Gasteiger partial charge in [-0.15, -0.1) is 0 Å². The number of hydrogen-bond donors (Lipinski definition) is 1. The lowest BCUT2D eigenvalue weighted by molar-refractivity contribution is 0.202. The molecule has 0 saturated heterocycles. The predicted octanol–water partition coefficient (Wildman–Crippen LogP) is 1.39. The van der Waals surface area contributed by atoms with Crippen molar-refractivity contribution in [2.75, 3.05) is 13.2 Å². The minimum absolute atomic E-state index is 0.182. The van der Waals surface area contributed by atoms with Crippen molar-refractivity contribution in [3.8, 4) is 0 Å². The van der Waals surface area contributed by atoms with E-state index in [1.54, 1.807) is 38.1 Å². The molecule has 0 aliphatic rings. The molecule has 1 aromatic carbocycles. The lowest BCUT2D eigenvalue weighted by atomic mass is 10.2. The first-order chi connectivity index (χ1) is 7.93. The zero-order valence-corrected chi connectivity index (χ0v) is 11.2. The number of likely N-dealkylation sites (N-methyl/N-ethyl adjacent to an activating group) is 1. The standard InChI is InChI=1S/C12H19NO3S/c1-4-13(11(3)9-14)17(15,16)12-7-5-10(2)6-8-12/h5-8,11,14H,4,9H2,1-3H3. The predicted molar refractivity (Wildman–Crippen MR) is 67.3 cm³/mol. The summed E-state index contributed by atoms with van der Waals surface area (Å²) < 4.78 is 25.9. The van der Waals surface area contributed by atoms with Crippen LogP contribution in [-0.2, 0) is 10.0 Å². The van der Waals surface area contributed by atoms with Gasteiger partial charge in [0, 0.05) is 12.6 Å². The highest BCUT2D eigenvalue weighted by Crippen LogP contribution is 2.18. The van der Waals surface area contributed by atoms with E-state index in [4.69, 9.17) is 5.11 Å². The number of aliphatic hydroxyl groups excluding tert-OH is 1. The van der Waals surface area contributed by atoms with Crippen molar-refractivity contribution in [1.29, 1.82) is 0 Å². The molecule has 5 heteroatoms. The average molecular weight is 257 g/mol. The van der Waals surface area contributed by atoms with E-state index in [0.29, 0.717) is 6.54 Å². The van der Waals surface area contributed by atoms with Gasteiger partial charge < -0.3 is 5.11 Å². The summed E-state index contributed by atoms with van der Waals surface area (Å²) in [7, 11) is -3.51. The van der Waals surface area contributed by atoms with Crippen LogP contribution in [0.2, 0.25) is 0 Å². The Balaban J connectivity index is 3.13. The second kappa shape index (κ2) is 5.62. The summed E-state index contributed by atoms with van der Waals surface area (Å²) in [5.74, 6) is 0. The largest absolute Gasteiger partial charge is 0.395 e. The van der Waals surface area contributed by atoms with Crippen LogP contribution < -0.4 is 0 Å². The molecule has 0 amide bonds. The van der Waals surface area contributed by atoms with Crippen molar-refractivity contribution in [2.45, 2.75) is 31.7 Å². The molecule has 1 N–H and O–H groups in total. The molecule has 4 nitrogen and oxygen atoms in total.